The zero-order chi connectivity index (χ0) is 44.4. The van der Waals surface area contributed by atoms with Crippen LogP contribution >= 0.6 is 0 Å². The SMILES string of the molecule is CC/C=C\C/C=C\C/C=C\C/C=C\C/C=C\C/C=C\CCCCCCCCCCC(=O)OCC(COC(=O)CCCCCCC)OC(=O)CCCCCCCCCCCCC. The molecule has 0 aromatic heterocycles. The van der Waals surface area contributed by atoms with E-state index in [0.717, 1.165) is 109 Å². The van der Waals surface area contributed by atoms with E-state index in [-0.39, 0.29) is 31.1 Å². The molecule has 1 unspecified atom stereocenters. The molecule has 0 aromatic rings. The summed E-state index contributed by atoms with van der Waals surface area (Å²) in [7, 11) is 0. The van der Waals surface area contributed by atoms with E-state index in [4.69, 9.17) is 14.2 Å². The van der Waals surface area contributed by atoms with Crippen LogP contribution in [0.25, 0.3) is 0 Å². The van der Waals surface area contributed by atoms with Crippen LogP contribution in [-0.2, 0) is 28.6 Å². The summed E-state index contributed by atoms with van der Waals surface area (Å²) in [6.07, 6.45) is 62.1. The van der Waals surface area contributed by atoms with Gasteiger partial charge in [0.1, 0.15) is 13.2 Å². The molecule has 1 atom stereocenters. The van der Waals surface area contributed by atoms with E-state index in [1.807, 2.05) is 0 Å². The average Bonchev–Trinajstić information content (AvgIpc) is 3.26. The highest BCUT2D eigenvalue weighted by Gasteiger charge is 2.19. The lowest BCUT2D eigenvalue weighted by atomic mass is 10.1. The maximum absolute atomic E-state index is 12.7. The van der Waals surface area contributed by atoms with E-state index in [2.05, 4.69) is 93.7 Å². The molecule has 0 N–H and O–H groups in total. The number of unbranched alkanes of at least 4 members (excludes halogenated alkanes) is 22. The molecule has 6 heteroatoms. The molecule has 350 valence electrons. The highest BCUT2D eigenvalue weighted by Crippen LogP contribution is 2.14. The molecule has 0 saturated heterocycles. The van der Waals surface area contributed by atoms with Gasteiger partial charge in [0.2, 0.25) is 0 Å². The van der Waals surface area contributed by atoms with Crippen molar-refractivity contribution >= 4 is 17.9 Å². The van der Waals surface area contributed by atoms with Crippen LogP contribution < -0.4 is 0 Å². The third kappa shape index (κ3) is 47.7. The second-order valence-corrected chi connectivity index (χ2v) is 16.7. The van der Waals surface area contributed by atoms with Crippen molar-refractivity contribution in [2.45, 2.75) is 245 Å². The lowest BCUT2D eigenvalue weighted by Gasteiger charge is -2.18. The largest absolute Gasteiger partial charge is 0.462 e. The Kier molecular flexibility index (Phi) is 46.9. The van der Waals surface area contributed by atoms with Gasteiger partial charge in [0.05, 0.1) is 0 Å². The third-order valence-electron chi connectivity index (χ3n) is 10.7. The van der Waals surface area contributed by atoms with Gasteiger partial charge in [0.15, 0.2) is 6.10 Å². The smallest absolute Gasteiger partial charge is 0.306 e. The first kappa shape index (κ1) is 57.9. The predicted octanol–water partition coefficient (Wildman–Crippen LogP) is 16.6. The summed E-state index contributed by atoms with van der Waals surface area (Å²) in [5.74, 6) is -0.900. The fourth-order valence-electron chi connectivity index (χ4n) is 6.92. The van der Waals surface area contributed by atoms with Crippen LogP contribution in [0.2, 0.25) is 0 Å². The van der Waals surface area contributed by atoms with Crippen LogP contribution in [0.15, 0.2) is 72.9 Å². The van der Waals surface area contributed by atoms with Gasteiger partial charge in [-0.05, 0) is 70.6 Å². The molecular weight excluding hydrogens is 757 g/mol. The highest BCUT2D eigenvalue weighted by atomic mass is 16.6. The second kappa shape index (κ2) is 49.5. The van der Waals surface area contributed by atoms with Gasteiger partial charge in [0.25, 0.3) is 0 Å². The van der Waals surface area contributed by atoms with Crippen LogP contribution in [0.3, 0.4) is 0 Å². The topological polar surface area (TPSA) is 78.9 Å². The number of hydrogen-bond acceptors (Lipinski definition) is 6. The number of carbonyl (C=O) groups is 3. The first-order chi connectivity index (χ1) is 30.0. The van der Waals surface area contributed by atoms with Crippen LogP contribution in [0.5, 0.6) is 0 Å². The minimum atomic E-state index is -0.771. The van der Waals surface area contributed by atoms with E-state index >= 15 is 0 Å². The van der Waals surface area contributed by atoms with Gasteiger partial charge >= 0.3 is 17.9 Å². The Labute approximate surface area is 376 Å². The molecule has 0 heterocycles. The normalized spacial score (nSPS) is 12.6. The Morgan fingerprint density at radius 3 is 1.00 bits per heavy atom. The lowest BCUT2D eigenvalue weighted by Crippen LogP contribution is -2.30. The van der Waals surface area contributed by atoms with Gasteiger partial charge in [-0.25, -0.2) is 0 Å². The quantitative estimate of drug-likeness (QED) is 0.0263. The molecular formula is C55H94O6. The second-order valence-electron chi connectivity index (χ2n) is 16.7. The van der Waals surface area contributed by atoms with Gasteiger partial charge in [0, 0.05) is 19.3 Å². The number of esters is 3. The molecule has 0 saturated carbocycles. The minimum Gasteiger partial charge on any atom is -0.462 e. The molecule has 0 aromatic carbocycles. The third-order valence-corrected chi connectivity index (χ3v) is 10.7. The predicted molar refractivity (Wildman–Crippen MR) is 261 cm³/mol. The van der Waals surface area contributed by atoms with E-state index in [1.54, 1.807) is 0 Å². The zero-order valence-corrected chi connectivity index (χ0v) is 39.9. The first-order valence-electron chi connectivity index (χ1n) is 25.4. The summed E-state index contributed by atoms with van der Waals surface area (Å²) in [4.78, 5) is 37.6. The molecule has 61 heavy (non-hydrogen) atoms. The van der Waals surface area contributed by atoms with Crippen molar-refractivity contribution in [3.05, 3.63) is 72.9 Å². The van der Waals surface area contributed by atoms with E-state index < -0.39 is 6.10 Å². The van der Waals surface area contributed by atoms with Crippen molar-refractivity contribution in [3.8, 4) is 0 Å². The van der Waals surface area contributed by atoms with Gasteiger partial charge in [-0.1, -0.05) is 222 Å². The molecule has 0 amide bonds. The Morgan fingerprint density at radius 2 is 0.639 bits per heavy atom. The van der Waals surface area contributed by atoms with Gasteiger partial charge in [-0.15, -0.1) is 0 Å². The van der Waals surface area contributed by atoms with Crippen molar-refractivity contribution in [1.29, 1.82) is 0 Å². The van der Waals surface area contributed by atoms with Crippen molar-refractivity contribution in [1.82, 2.24) is 0 Å². The van der Waals surface area contributed by atoms with E-state index in [0.29, 0.717) is 19.3 Å². The average molecular weight is 851 g/mol. The van der Waals surface area contributed by atoms with Crippen LogP contribution in [0.1, 0.15) is 239 Å². The van der Waals surface area contributed by atoms with Gasteiger partial charge < -0.3 is 14.2 Å². The molecule has 6 nitrogen and oxygen atoms in total. The molecule has 0 aliphatic heterocycles. The van der Waals surface area contributed by atoms with Gasteiger partial charge in [-0.2, -0.15) is 0 Å². The fraction of sp³-hybridized carbons (Fsp3) is 0.727. The Bertz CT molecular complexity index is 1160. The zero-order valence-electron chi connectivity index (χ0n) is 39.9. The van der Waals surface area contributed by atoms with Gasteiger partial charge in [-0.3, -0.25) is 14.4 Å². The summed E-state index contributed by atoms with van der Waals surface area (Å²) in [6, 6.07) is 0. The number of carbonyl (C=O) groups excluding carboxylic acids is 3. The fourth-order valence-corrected chi connectivity index (χ4v) is 6.92. The summed E-state index contributed by atoms with van der Waals surface area (Å²) < 4.78 is 16.6. The minimum absolute atomic E-state index is 0.0769. The standard InChI is InChI=1S/C55H94O6/c1-4-7-10-13-15-17-19-20-21-22-23-24-25-26-27-28-29-30-31-32-33-34-36-37-39-42-45-48-54(57)60-51-52(50-59-53(56)47-44-41-12-9-6-3)61-55(58)49-46-43-40-38-35-18-16-14-11-8-5-2/h7,10,15,17,20-21,23-24,26-27,29-30,52H,4-6,8-9,11-14,16,18-19,22,25,28,31-51H2,1-3H3/b10-7-,17-15-,21-20-,24-23-,27-26-,30-29-. The van der Waals surface area contributed by atoms with E-state index in [1.165, 1.54) is 89.9 Å². The molecule has 0 radical (unpaired) electrons. The Morgan fingerprint density at radius 1 is 0.344 bits per heavy atom. The van der Waals surface area contributed by atoms with Crippen molar-refractivity contribution in [2.24, 2.45) is 0 Å². The molecule has 0 bridgehead atoms. The monoisotopic (exact) mass is 851 g/mol. The number of hydrogen-bond donors (Lipinski definition) is 0. The molecule has 0 spiro atoms. The summed E-state index contributed by atoms with van der Waals surface area (Å²) in [6.45, 7) is 6.42. The van der Waals surface area contributed by atoms with Crippen LogP contribution in [0.4, 0.5) is 0 Å². The first-order valence-corrected chi connectivity index (χ1v) is 25.4. The lowest BCUT2D eigenvalue weighted by molar-refractivity contribution is -0.167. The van der Waals surface area contributed by atoms with Crippen LogP contribution in [0, 0.1) is 0 Å². The van der Waals surface area contributed by atoms with Crippen molar-refractivity contribution in [2.75, 3.05) is 13.2 Å². The number of rotatable bonds is 45. The molecule has 0 rings (SSSR count). The van der Waals surface area contributed by atoms with Crippen molar-refractivity contribution < 1.29 is 28.6 Å². The number of allylic oxidation sites excluding steroid dienone is 12. The maximum Gasteiger partial charge on any atom is 0.306 e. The van der Waals surface area contributed by atoms with E-state index in [9.17, 15) is 14.4 Å². The Hall–Kier alpha value is -3.15. The maximum atomic E-state index is 12.7. The number of ether oxygens (including phenoxy) is 3. The highest BCUT2D eigenvalue weighted by molar-refractivity contribution is 5.71. The summed E-state index contributed by atoms with van der Waals surface area (Å²) in [5, 5.41) is 0. The molecule has 0 fully saturated rings. The molecule has 0 aliphatic carbocycles. The summed E-state index contributed by atoms with van der Waals surface area (Å²) >= 11 is 0. The van der Waals surface area contributed by atoms with Crippen LogP contribution in [-0.4, -0.2) is 37.2 Å². The Balaban J connectivity index is 4.08. The molecule has 0 aliphatic rings. The summed E-state index contributed by atoms with van der Waals surface area (Å²) in [5.41, 5.74) is 0. The van der Waals surface area contributed by atoms with Crippen molar-refractivity contribution in [3.63, 3.8) is 0 Å².